The predicted octanol–water partition coefficient (Wildman–Crippen LogP) is 3.74. The molecule has 0 amide bonds. The van der Waals surface area contributed by atoms with E-state index in [-0.39, 0.29) is 39.8 Å². The van der Waals surface area contributed by atoms with Gasteiger partial charge in [0.25, 0.3) is 0 Å². The van der Waals surface area contributed by atoms with E-state index in [1.807, 2.05) is 4.90 Å². The van der Waals surface area contributed by atoms with Crippen LogP contribution in [0.3, 0.4) is 0 Å². The lowest BCUT2D eigenvalue weighted by Gasteiger charge is -2.37. The van der Waals surface area contributed by atoms with Gasteiger partial charge in [0.1, 0.15) is 11.3 Å². The molecule has 0 atom stereocenters. The predicted molar refractivity (Wildman–Crippen MR) is 128 cm³/mol. The second-order valence-electron chi connectivity index (χ2n) is 8.28. The van der Waals surface area contributed by atoms with Crippen molar-refractivity contribution in [1.82, 2.24) is 9.13 Å². The van der Waals surface area contributed by atoms with Crippen LogP contribution in [0.4, 0.5) is 14.5 Å². The lowest BCUT2D eigenvalue weighted by Crippen LogP contribution is -2.50. The summed E-state index contributed by atoms with van der Waals surface area (Å²) in [5.74, 6) is -2.44. The molecule has 7 nitrogen and oxygen atoms in total. The average molecular weight is 500 g/mol. The smallest absolute Gasteiger partial charge is 0.340 e. The zero-order chi connectivity index (χ0) is 24.9. The van der Waals surface area contributed by atoms with Crippen LogP contribution in [0, 0.1) is 11.6 Å². The second-order valence-corrected chi connectivity index (χ2v) is 8.69. The molecule has 1 saturated heterocycles. The molecule has 1 aliphatic rings. The highest BCUT2D eigenvalue weighted by Gasteiger charge is 2.25. The lowest BCUT2D eigenvalue weighted by molar-refractivity contribution is 0.0595. The lowest BCUT2D eigenvalue weighted by atomic mass is 10.1. The minimum atomic E-state index is -0.841. The number of carbonyl (C=O) groups excluding carboxylic acids is 1. The Morgan fingerprint density at radius 1 is 1.06 bits per heavy atom. The molecule has 0 bridgehead atoms. The Kier molecular flexibility index (Phi) is 5.82. The first-order valence-electron chi connectivity index (χ1n) is 10.8. The maximum atomic E-state index is 15.2. The number of benzene rings is 3. The van der Waals surface area contributed by atoms with E-state index in [0.29, 0.717) is 18.8 Å². The third kappa shape index (κ3) is 3.86. The molecule has 0 spiro atoms. The van der Waals surface area contributed by atoms with Gasteiger partial charge in [0.15, 0.2) is 5.82 Å². The number of nitrogens with zero attached hydrogens (tertiary/aromatic N) is 3. The van der Waals surface area contributed by atoms with Crippen molar-refractivity contribution >= 4 is 34.3 Å². The Morgan fingerprint density at radius 3 is 2.40 bits per heavy atom. The van der Waals surface area contributed by atoms with Gasteiger partial charge < -0.3 is 14.7 Å². The zero-order valence-electron chi connectivity index (χ0n) is 18.5. The first kappa shape index (κ1) is 23.1. The molecule has 4 aromatic rings. The van der Waals surface area contributed by atoms with E-state index in [0.717, 1.165) is 12.8 Å². The summed E-state index contributed by atoms with van der Waals surface area (Å²) in [6.45, 7) is 0.780. The van der Waals surface area contributed by atoms with Crippen LogP contribution in [0.5, 0.6) is 0 Å². The Hall–Kier alpha value is -3.69. The summed E-state index contributed by atoms with van der Waals surface area (Å²) >= 11 is 6.03. The van der Waals surface area contributed by atoms with Crippen LogP contribution in [-0.4, -0.2) is 46.5 Å². The van der Waals surface area contributed by atoms with Crippen molar-refractivity contribution in [2.24, 2.45) is 0 Å². The molecule has 0 aliphatic carbocycles. The number of aromatic nitrogens is 2. The Morgan fingerprint density at radius 2 is 1.74 bits per heavy atom. The molecule has 1 aliphatic heterocycles. The summed E-state index contributed by atoms with van der Waals surface area (Å²) in [7, 11) is 1.15. The molecule has 35 heavy (non-hydrogen) atoms. The van der Waals surface area contributed by atoms with Crippen molar-refractivity contribution in [1.29, 1.82) is 0 Å². The number of anilines is 1. The molecular weight excluding hydrogens is 480 g/mol. The Balaban J connectivity index is 1.63. The molecule has 1 aromatic heterocycles. The quantitative estimate of drug-likeness (QED) is 0.423. The third-order valence-electron chi connectivity index (χ3n) is 6.13. The van der Waals surface area contributed by atoms with Crippen molar-refractivity contribution in [3.05, 3.63) is 92.9 Å². The molecule has 1 N–H and O–H groups in total. The van der Waals surface area contributed by atoms with E-state index in [1.54, 1.807) is 24.3 Å². The SMILES string of the molecule is COC(=O)c1cccc(Cn2c(=O)n(-c3ccc(N4CC(O)C4)cc3)c3c(F)c(Cl)ccc32)c1F. The number of esters is 1. The normalized spacial score (nSPS) is 13.8. The average Bonchev–Trinajstić information content (AvgIpc) is 3.12. The summed E-state index contributed by atoms with van der Waals surface area (Å²) in [6, 6.07) is 13.9. The maximum absolute atomic E-state index is 15.2. The maximum Gasteiger partial charge on any atom is 0.340 e. The zero-order valence-corrected chi connectivity index (χ0v) is 19.3. The molecule has 2 heterocycles. The van der Waals surface area contributed by atoms with Gasteiger partial charge in [-0.05, 0) is 42.5 Å². The topological polar surface area (TPSA) is 76.7 Å². The Bertz CT molecular complexity index is 1510. The van der Waals surface area contributed by atoms with Gasteiger partial charge in [-0.25, -0.2) is 18.4 Å². The number of β-amino-alcohol motifs (C(OH)–C–C–N with tert-alkyl or cyclic N) is 1. The second kappa shape index (κ2) is 8.83. The van der Waals surface area contributed by atoms with Crippen LogP contribution < -0.4 is 10.6 Å². The molecule has 180 valence electrons. The summed E-state index contributed by atoms with van der Waals surface area (Å²) < 4.78 is 37.3. The van der Waals surface area contributed by atoms with E-state index in [1.165, 1.54) is 39.5 Å². The van der Waals surface area contributed by atoms with E-state index in [2.05, 4.69) is 4.74 Å². The number of hydrogen-bond acceptors (Lipinski definition) is 5. The summed E-state index contributed by atoms with van der Waals surface area (Å²) in [5, 5.41) is 9.37. The van der Waals surface area contributed by atoms with E-state index in [9.17, 15) is 14.7 Å². The highest BCUT2D eigenvalue weighted by atomic mass is 35.5. The van der Waals surface area contributed by atoms with Gasteiger partial charge in [-0.2, -0.15) is 0 Å². The standard InChI is InChI=1S/C25H20ClF2N3O4/c1-35-24(33)18-4-2-3-14(21(18)27)11-30-20-10-9-19(26)22(28)23(20)31(25(30)34)16-7-5-15(6-8-16)29-12-17(32)13-29/h2-10,17,32H,11-13H2,1H3. The minimum Gasteiger partial charge on any atom is -0.465 e. The number of aliphatic hydroxyl groups excluding tert-OH is 1. The number of imidazole rings is 1. The van der Waals surface area contributed by atoms with Crippen LogP contribution in [0.2, 0.25) is 5.02 Å². The van der Waals surface area contributed by atoms with Gasteiger partial charge in [0.2, 0.25) is 0 Å². The van der Waals surface area contributed by atoms with Crippen LogP contribution in [0.15, 0.2) is 59.4 Å². The number of hydrogen-bond donors (Lipinski definition) is 1. The van der Waals surface area contributed by atoms with Crippen LogP contribution in [0.1, 0.15) is 15.9 Å². The molecule has 0 radical (unpaired) electrons. The number of halogens is 3. The fourth-order valence-corrected chi connectivity index (χ4v) is 4.44. The number of aliphatic hydroxyl groups is 1. The summed E-state index contributed by atoms with van der Waals surface area (Å²) in [5.41, 5.74) is 0.633. The minimum absolute atomic E-state index is 0.0425. The molecule has 10 heteroatoms. The van der Waals surface area contributed by atoms with Crippen molar-refractivity contribution in [3.63, 3.8) is 0 Å². The van der Waals surface area contributed by atoms with E-state index < -0.39 is 23.3 Å². The fourth-order valence-electron chi connectivity index (χ4n) is 4.29. The number of ether oxygens (including phenoxy) is 1. The number of rotatable bonds is 5. The molecule has 5 rings (SSSR count). The van der Waals surface area contributed by atoms with Gasteiger partial charge in [0.05, 0.1) is 41.5 Å². The monoisotopic (exact) mass is 499 g/mol. The molecular formula is C25H20ClF2N3O4. The summed E-state index contributed by atoms with van der Waals surface area (Å²) in [4.78, 5) is 27.4. The third-order valence-corrected chi connectivity index (χ3v) is 6.42. The molecule has 0 unspecified atom stereocenters. The van der Waals surface area contributed by atoms with Crippen molar-refractivity contribution < 1.29 is 23.4 Å². The van der Waals surface area contributed by atoms with Gasteiger partial charge >= 0.3 is 11.7 Å². The first-order valence-corrected chi connectivity index (χ1v) is 11.2. The Labute approximate surface area is 203 Å². The van der Waals surface area contributed by atoms with Crippen molar-refractivity contribution in [2.45, 2.75) is 12.6 Å². The highest BCUT2D eigenvalue weighted by molar-refractivity contribution is 6.31. The van der Waals surface area contributed by atoms with Crippen LogP contribution in [0.25, 0.3) is 16.7 Å². The van der Waals surface area contributed by atoms with Crippen LogP contribution in [-0.2, 0) is 11.3 Å². The van der Waals surface area contributed by atoms with Crippen LogP contribution >= 0.6 is 11.6 Å². The van der Waals surface area contributed by atoms with Gasteiger partial charge in [-0.1, -0.05) is 23.7 Å². The number of methoxy groups -OCH3 is 1. The first-order chi connectivity index (χ1) is 16.8. The van der Waals surface area contributed by atoms with Crippen molar-refractivity contribution in [2.75, 3.05) is 25.1 Å². The molecule has 3 aromatic carbocycles. The number of carbonyl (C=O) groups is 1. The fraction of sp³-hybridized carbons (Fsp3) is 0.200. The largest absolute Gasteiger partial charge is 0.465 e. The van der Waals surface area contributed by atoms with Gasteiger partial charge in [-0.3, -0.25) is 9.13 Å². The van der Waals surface area contributed by atoms with E-state index in [4.69, 9.17) is 11.6 Å². The summed E-state index contributed by atoms with van der Waals surface area (Å²) in [6.07, 6.45) is -0.371. The molecule has 1 fully saturated rings. The van der Waals surface area contributed by atoms with Gasteiger partial charge in [-0.15, -0.1) is 0 Å². The number of fused-ring (bicyclic) bond motifs is 1. The van der Waals surface area contributed by atoms with Crippen molar-refractivity contribution in [3.8, 4) is 5.69 Å². The highest BCUT2D eigenvalue weighted by Crippen LogP contribution is 2.29. The molecule has 0 saturated carbocycles. The van der Waals surface area contributed by atoms with Gasteiger partial charge in [0, 0.05) is 24.3 Å². The van der Waals surface area contributed by atoms with E-state index >= 15 is 8.78 Å².